The summed E-state index contributed by atoms with van der Waals surface area (Å²) in [5, 5.41) is 2.30. The summed E-state index contributed by atoms with van der Waals surface area (Å²) in [6, 6.07) is 3.93. The van der Waals surface area contributed by atoms with Crippen molar-refractivity contribution >= 4 is 23.5 Å². The van der Waals surface area contributed by atoms with Crippen molar-refractivity contribution in [3.05, 3.63) is 34.6 Å². The number of carbonyl (C=O) groups is 2. The number of amides is 1. The van der Waals surface area contributed by atoms with E-state index in [9.17, 15) is 14.0 Å². The van der Waals surface area contributed by atoms with Gasteiger partial charge in [-0.3, -0.25) is 4.79 Å². The van der Waals surface area contributed by atoms with Crippen LogP contribution in [0.2, 0.25) is 5.02 Å². The highest BCUT2D eigenvalue weighted by atomic mass is 35.5. The molecule has 1 rings (SSSR count). The second-order valence-electron chi connectivity index (χ2n) is 4.63. The van der Waals surface area contributed by atoms with Gasteiger partial charge < -0.3 is 10.1 Å². The summed E-state index contributed by atoms with van der Waals surface area (Å²) in [6.07, 6.45) is 1.07. The average molecular weight is 302 g/mol. The molecule has 0 radical (unpaired) electrons. The first-order chi connectivity index (χ1) is 9.35. The first-order valence-corrected chi connectivity index (χ1v) is 6.58. The van der Waals surface area contributed by atoms with E-state index in [4.69, 9.17) is 16.3 Å². The molecule has 0 spiro atoms. The maximum atomic E-state index is 13.3. The zero-order valence-electron chi connectivity index (χ0n) is 11.6. The fraction of sp³-hybridized carbons (Fsp3) is 0.429. The third kappa shape index (κ3) is 3.48. The number of hydrogen-bond donors (Lipinski definition) is 1. The molecule has 0 heterocycles. The fourth-order valence-corrected chi connectivity index (χ4v) is 2.15. The zero-order valence-corrected chi connectivity index (χ0v) is 12.4. The third-order valence-corrected chi connectivity index (χ3v) is 3.36. The third-order valence-electron chi connectivity index (χ3n) is 2.97. The second-order valence-corrected chi connectivity index (χ2v) is 5.01. The maximum Gasteiger partial charge on any atom is 0.331 e. The summed E-state index contributed by atoms with van der Waals surface area (Å²) in [5.41, 5.74) is -1.19. The van der Waals surface area contributed by atoms with Gasteiger partial charge in [-0.15, -0.1) is 0 Å². The van der Waals surface area contributed by atoms with Gasteiger partial charge in [-0.05, 0) is 25.5 Å². The maximum absolute atomic E-state index is 13.3. The van der Waals surface area contributed by atoms with Crippen molar-refractivity contribution in [2.75, 3.05) is 7.11 Å². The quantitative estimate of drug-likeness (QED) is 0.851. The lowest BCUT2D eigenvalue weighted by molar-refractivity contribution is -0.147. The molecule has 0 fully saturated rings. The molecule has 1 amide bonds. The van der Waals surface area contributed by atoms with E-state index in [1.807, 2.05) is 6.92 Å². The Morgan fingerprint density at radius 2 is 2.10 bits per heavy atom. The van der Waals surface area contributed by atoms with E-state index >= 15 is 0 Å². The Morgan fingerprint density at radius 1 is 1.45 bits per heavy atom. The summed E-state index contributed by atoms with van der Waals surface area (Å²) in [5.74, 6) is -1.86. The summed E-state index contributed by atoms with van der Waals surface area (Å²) < 4.78 is 18.0. The lowest BCUT2D eigenvalue weighted by atomic mass is 9.95. The number of nitrogens with one attached hydrogen (secondary N) is 1. The van der Waals surface area contributed by atoms with Crippen LogP contribution < -0.4 is 5.32 Å². The van der Waals surface area contributed by atoms with Gasteiger partial charge in [0.25, 0.3) is 5.91 Å². The summed E-state index contributed by atoms with van der Waals surface area (Å²) in [4.78, 5) is 24.0. The topological polar surface area (TPSA) is 55.4 Å². The van der Waals surface area contributed by atoms with Crippen molar-refractivity contribution in [3.8, 4) is 0 Å². The van der Waals surface area contributed by atoms with Crippen LogP contribution in [0.1, 0.15) is 37.0 Å². The minimum Gasteiger partial charge on any atom is -0.467 e. The largest absolute Gasteiger partial charge is 0.467 e. The predicted octanol–water partition coefficient (Wildman–Crippen LogP) is 2.94. The summed E-state index contributed by atoms with van der Waals surface area (Å²) in [7, 11) is 1.25. The molecule has 0 bridgehead atoms. The van der Waals surface area contributed by atoms with E-state index in [1.54, 1.807) is 6.92 Å². The Bertz CT molecular complexity index is 521. The summed E-state index contributed by atoms with van der Waals surface area (Å²) >= 11 is 5.76. The average Bonchev–Trinajstić information content (AvgIpc) is 2.40. The molecule has 4 nitrogen and oxygen atoms in total. The van der Waals surface area contributed by atoms with Crippen molar-refractivity contribution in [2.24, 2.45) is 0 Å². The van der Waals surface area contributed by atoms with E-state index < -0.39 is 23.2 Å². The van der Waals surface area contributed by atoms with E-state index in [1.165, 1.54) is 19.2 Å². The zero-order chi connectivity index (χ0) is 15.3. The Hall–Kier alpha value is -1.62. The number of halogens is 2. The van der Waals surface area contributed by atoms with Crippen LogP contribution in [0.25, 0.3) is 0 Å². The fourth-order valence-electron chi connectivity index (χ4n) is 1.94. The van der Waals surface area contributed by atoms with Crippen LogP contribution in [-0.4, -0.2) is 24.5 Å². The molecule has 0 saturated heterocycles. The van der Waals surface area contributed by atoms with Crippen LogP contribution in [-0.2, 0) is 9.53 Å². The van der Waals surface area contributed by atoms with E-state index in [2.05, 4.69) is 5.32 Å². The highest BCUT2D eigenvalue weighted by molar-refractivity contribution is 6.34. The lowest BCUT2D eigenvalue weighted by Gasteiger charge is -2.27. The highest BCUT2D eigenvalue weighted by Gasteiger charge is 2.35. The smallest absolute Gasteiger partial charge is 0.331 e. The van der Waals surface area contributed by atoms with Crippen molar-refractivity contribution < 1.29 is 18.7 Å². The Morgan fingerprint density at radius 3 is 2.65 bits per heavy atom. The number of methoxy groups -OCH3 is 1. The molecule has 0 aromatic heterocycles. The van der Waals surface area contributed by atoms with Gasteiger partial charge in [-0.25, -0.2) is 9.18 Å². The number of esters is 1. The molecular weight excluding hydrogens is 285 g/mol. The number of rotatable bonds is 5. The molecular formula is C14H17ClFNO3. The Balaban J connectivity index is 3.03. The minimum absolute atomic E-state index is 0.0158. The first-order valence-electron chi connectivity index (χ1n) is 6.20. The van der Waals surface area contributed by atoms with Gasteiger partial charge in [0.1, 0.15) is 11.4 Å². The molecule has 0 saturated carbocycles. The van der Waals surface area contributed by atoms with Gasteiger partial charge in [0, 0.05) is 0 Å². The van der Waals surface area contributed by atoms with Crippen LogP contribution in [0.4, 0.5) is 4.39 Å². The Labute approximate surface area is 122 Å². The SMILES string of the molecule is CCCC(C)(NC(=O)c1cccc(F)c1Cl)C(=O)OC. The molecule has 6 heteroatoms. The van der Waals surface area contributed by atoms with Crippen LogP contribution in [0.15, 0.2) is 18.2 Å². The molecule has 1 unspecified atom stereocenters. The van der Waals surface area contributed by atoms with Gasteiger partial charge in [-0.2, -0.15) is 0 Å². The van der Waals surface area contributed by atoms with Gasteiger partial charge >= 0.3 is 5.97 Å². The van der Waals surface area contributed by atoms with Gasteiger partial charge in [0.15, 0.2) is 0 Å². The first kappa shape index (κ1) is 16.4. The molecule has 0 aliphatic carbocycles. The Kier molecular flexibility index (Phi) is 5.51. The predicted molar refractivity (Wildman–Crippen MR) is 74.2 cm³/mol. The van der Waals surface area contributed by atoms with Gasteiger partial charge in [0.05, 0.1) is 17.7 Å². The molecule has 0 aliphatic heterocycles. The van der Waals surface area contributed by atoms with E-state index in [0.717, 1.165) is 6.07 Å². The van der Waals surface area contributed by atoms with Crippen LogP contribution >= 0.6 is 11.6 Å². The lowest BCUT2D eigenvalue weighted by Crippen LogP contribution is -2.52. The molecule has 1 atom stereocenters. The van der Waals surface area contributed by atoms with Crippen molar-refractivity contribution in [1.29, 1.82) is 0 Å². The molecule has 0 aliphatic rings. The molecule has 1 aromatic carbocycles. The number of ether oxygens (including phenoxy) is 1. The minimum atomic E-state index is -1.17. The number of benzene rings is 1. The van der Waals surface area contributed by atoms with Crippen molar-refractivity contribution in [1.82, 2.24) is 5.32 Å². The molecule has 1 N–H and O–H groups in total. The van der Waals surface area contributed by atoms with Crippen molar-refractivity contribution in [3.63, 3.8) is 0 Å². The molecule has 110 valence electrons. The standard InChI is InChI=1S/C14H17ClFNO3/c1-4-8-14(2,13(19)20-3)17-12(18)9-6-5-7-10(16)11(9)15/h5-7H,4,8H2,1-3H3,(H,17,18). The van der Waals surface area contributed by atoms with Gasteiger partial charge in [0.2, 0.25) is 0 Å². The van der Waals surface area contributed by atoms with Crippen LogP contribution in [0.3, 0.4) is 0 Å². The molecule has 1 aromatic rings. The summed E-state index contributed by atoms with van der Waals surface area (Å²) in [6.45, 7) is 3.44. The van der Waals surface area contributed by atoms with Gasteiger partial charge in [-0.1, -0.05) is 31.0 Å². The highest BCUT2D eigenvalue weighted by Crippen LogP contribution is 2.21. The van der Waals surface area contributed by atoms with E-state index in [0.29, 0.717) is 12.8 Å². The number of hydrogen-bond acceptors (Lipinski definition) is 3. The molecule has 20 heavy (non-hydrogen) atoms. The monoisotopic (exact) mass is 301 g/mol. The van der Waals surface area contributed by atoms with Crippen LogP contribution in [0, 0.1) is 5.82 Å². The number of carbonyl (C=O) groups excluding carboxylic acids is 2. The normalized spacial score (nSPS) is 13.4. The second kappa shape index (κ2) is 6.70. The van der Waals surface area contributed by atoms with E-state index in [-0.39, 0.29) is 10.6 Å². The van der Waals surface area contributed by atoms with Crippen LogP contribution in [0.5, 0.6) is 0 Å². The van der Waals surface area contributed by atoms with Crippen molar-refractivity contribution in [2.45, 2.75) is 32.2 Å².